The first-order chi connectivity index (χ1) is 3.42. The van der Waals surface area contributed by atoms with Crippen LogP contribution in [-0.2, 0) is 9.84 Å². The molecule has 0 fully saturated rings. The molecular weight excluding hydrogens is 145 g/mol. The SMILES string of the molecule is [O]C(=S)OC(F)(F)F. The molecule has 1 radical (unpaired) electrons. The Balaban J connectivity index is 3.55. The molecule has 0 saturated carbocycles. The van der Waals surface area contributed by atoms with Crippen molar-refractivity contribution in [1.29, 1.82) is 0 Å². The van der Waals surface area contributed by atoms with Gasteiger partial charge in [-0.05, 0) is 0 Å². The molecular formula is C2F3O2S. The molecule has 0 bridgehead atoms. The summed E-state index contributed by atoms with van der Waals surface area (Å²) in [6.45, 7) is 0. The molecule has 0 aliphatic carbocycles. The quantitative estimate of drug-likeness (QED) is 0.480. The third kappa shape index (κ3) is 5.48. The lowest BCUT2D eigenvalue weighted by atomic mass is 11.3. The molecule has 0 spiro atoms. The second-order valence-corrected chi connectivity index (χ2v) is 1.13. The van der Waals surface area contributed by atoms with Gasteiger partial charge < -0.3 is 4.74 Å². The molecule has 0 aliphatic rings. The zero-order chi connectivity index (χ0) is 6.78. The fraction of sp³-hybridized carbons (Fsp3) is 0.500. The van der Waals surface area contributed by atoms with Crippen LogP contribution in [0.2, 0.25) is 0 Å². The maximum Gasteiger partial charge on any atom is 0.576 e. The first-order valence-corrected chi connectivity index (χ1v) is 1.79. The van der Waals surface area contributed by atoms with Crippen molar-refractivity contribution in [3.8, 4) is 0 Å². The van der Waals surface area contributed by atoms with Crippen molar-refractivity contribution < 1.29 is 23.0 Å². The van der Waals surface area contributed by atoms with Gasteiger partial charge in [-0.15, -0.1) is 13.2 Å². The van der Waals surface area contributed by atoms with Crippen molar-refractivity contribution in [2.24, 2.45) is 0 Å². The van der Waals surface area contributed by atoms with E-state index < -0.39 is 11.6 Å². The molecule has 0 atom stereocenters. The van der Waals surface area contributed by atoms with Gasteiger partial charge in [0.2, 0.25) is 0 Å². The zero-order valence-corrected chi connectivity index (χ0v) is 4.18. The second-order valence-electron chi connectivity index (χ2n) is 0.798. The van der Waals surface area contributed by atoms with Crippen molar-refractivity contribution in [2.75, 3.05) is 0 Å². The van der Waals surface area contributed by atoms with E-state index in [0.717, 1.165) is 0 Å². The summed E-state index contributed by atoms with van der Waals surface area (Å²) in [5.41, 5.74) is 0. The Kier molecular flexibility index (Phi) is 2.02. The number of hydrogen-bond acceptors (Lipinski definition) is 2. The predicted octanol–water partition coefficient (Wildman–Crippen LogP) is 1.24. The lowest BCUT2D eigenvalue weighted by Gasteiger charge is -2.00. The van der Waals surface area contributed by atoms with E-state index in [1.807, 2.05) is 0 Å². The summed E-state index contributed by atoms with van der Waals surface area (Å²) in [7, 11) is 0. The van der Waals surface area contributed by atoms with E-state index in [0.29, 0.717) is 0 Å². The Labute approximate surface area is 47.9 Å². The van der Waals surface area contributed by atoms with Gasteiger partial charge in [0.05, 0.1) is 0 Å². The standard InChI is InChI=1S/C2F3O2S/c3-2(4,5)7-1(6)8. The highest BCUT2D eigenvalue weighted by atomic mass is 32.1. The topological polar surface area (TPSA) is 29.1 Å². The zero-order valence-electron chi connectivity index (χ0n) is 3.36. The van der Waals surface area contributed by atoms with Crippen molar-refractivity contribution >= 4 is 17.5 Å². The summed E-state index contributed by atoms with van der Waals surface area (Å²) in [6.07, 6.45) is -4.93. The minimum Gasteiger partial charge on any atom is -0.361 e. The Morgan fingerprint density at radius 3 is 1.88 bits per heavy atom. The van der Waals surface area contributed by atoms with Crippen LogP contribution in [0.1, 0.15) is 0 Å². The van der Waals surface area contributed by atoms with E-state index in [-0.39, 0.29) is 0 Å². The minimum atomic E-state index is -4.93. The molecule has 0 aromatic carbocycles. The summed E-state index contributed by atoms with van der Waals surface area (Å²) in [5.74, 6) is 0. The highest BCUT2D eigenvalue weighted by molar-refractivity contribution is 7.79. The van der Waals surface area contributed by atoms with E-state index in [1.54, 1.807) is 0 Å². The molecule has 0 saturated heterocycles. The Morgan fingerprint density at radius 2 is 1.88 bits per heavy atom. The number of hydrogen-bond donors (Lipinski definition) is 0. The molecule has 6 heteroatoms. The lowest BCUT2D eigenvalue weighted by Crippen LogP contribution is -2.16. The van der Waals surface area contributed by atoms with E-state index in [1.165, 1.54) is 0 Å². The van der Waals surface area contributed by atoms with Gasteiger partial charge in [0.15, 0.2) is 0 Å². The molecule has 0 amide bonds. The average molecular weight is 145 g/mol. The van der Waals surface area contributed by atoms with Gasteiger partial charge in [0.25, 0.3) is 0 Å². The van der Waals surface area contributed by atoms with E-state index in [2.05, 4.69) is 17.0 Å². The lowest BCUT2D eigenvalue weighted by molar-refractivity contribution is -0.289. The first kappa shape index (κ1) is 7.48. The monoisotopic (exact) mass is 145 g/mol. The van der Waals surface area contributed by atoms with Crippen LogP contribution in [0.25, 0.3) is 0 Å². The molecule has 0 heterocycles. The summed E-state index contributed by atoms with van der Waals surface area (Å²) in [5, 5.41) is 7.57. The highest BCUT2D eigenvalue weighted by Crippen LogP contribution is 2.15. The molecule has 0 aromatic rings. The Bertz CT molecular complexity index is 97.9. The number of thiocarbonyl (C=S) groups is 1. The Hall–Kier alpha value is -0.520. The molecule has 0 aliphatic heterocycles. The molecule has 0 rings (SSSR count). The van der Waals surface area contributed by atoms with Crippen LogP contribution < -0.4 is 0 Å². The van der Waals surface area contributed by atoms with Crippen molar-refractivity contribution in [1.82, 2.24) is 0 Å². The molecule has 8 heavy (non-hydrogen) atoms. The van der Waals surface area contributed by atoms with Gasteiger partial charge in [-0.3, -0.25) is 0 Å². The minimum absolute atomic E-state index is 1.77. The van der Waals surface area contributed by atoms with E-state index in [9.17, 15) is 18.3 Å². The molecule has 0 unspecified atom stereocenters. The van der Waals surface area contributed by atoms with Gasteiger partial charge in [-0.1, -0.05) is 0 Å². The third-order valence-electron chi connectivity index (χ3n) is 0.199. The highest BCUT2D eigenvalue weighted by Gasteiger charge is 2.32. The second kappa shape index (κ2) is 2.17. The maximum atomic E-state index is 10.8. The van der Waals surface area contributed by atoms with Gasteiger partial charge in [0, 0.05) is 12.2 Å². The van der Waals surface area contributed by atoms with Crippen molar-refractivity contribution in [3.63, 3.8) is 0 Å². The van der Waals surface area contributed by atoms with E-state index in [4.69, 9.17) is 0 Å². The number of halogens is 3. The van der Waals surface area contributed by atoms with Crippen LogP contribution in [0, 0.1) is 0 Å². The number of ether oxygens (including phenoxy) is 1. The number of alkyl halides is 3. The van der Waals surface area contributed by atoms with Crippen LogP contribution in [0.3, 0.4) is 0 Å². The van der Waals surface area contributed by atoms with Gasteiger partial charge in [-0.25, -0.2) is 5.11 Å². The normalized spacial score (nSPS) is 10.9. The first-order valence-electron chi connectivity index (χ1n) is 1.38. The summed E-state index contributed by atoms with van der Waals surface area (Å²) in [6, 6.07) is 0. The molecule has 0 N–H and O–H groups in total. The number of rotatable bonds is 0. The summed E-state index contributed by atoms with van der Waals surface area (Å²) >= 11 is 3.45. The van der Waals surface area contributed by atoms with Crippen LogP contribution in [0.15, 0.2) is 0 Å². The summed E-state index contributed by atoms with van der Waals surface area (Å²) < 4.78 is 35.0. The fourth-order valence-corrected chi connectivity index (χ4v) is 0.189. The van der Waals surface area contributed by atoms with Gasteiger partial charge in [-0.2, -0.15) is 0 Å². The van der Waals surface area contributed by atoms with Gasteiger partial charge in [0.1, 0.15) is 0 Å². The van der Waals surface area contributed by atoms with Crippen LogP contribution >= 0.6 is 12.2 Å². The van der Waals surface area contributed by atoms with Crippen molar-refractivity contribution in [3.05, 3.63) is 0 Å². The Morgan fingerprint density at radius 1 is 1.50 bits per heavy atom. The largest absolute Gasteiger partial charge is 0.576 e. The maximum absolute atomic E-state index is 10.8. The van der Waals surface area contributed by atoms with Crippen LogP contribution in [0.4, 0.5) is 13.2 Å². The average Bonchev–Trinajstić information content (AvgIpc) is 1.21. The molecule has 47 valence electrons. The fourth-order valence-electron chi connectivity index (χ4n) is 0.0945. The van der Waals surface area contributed by atoms with Gasteiger partial charge >= 0.3 is 11.6 Å². The van der Waals surface area contributed by atoms with Crippen LogP contribution in [0.5, 0.6) is 0 Å². The molecule has 0 aromatic heterocycles. The smallest absolute Gasteiger partial charge is 0.361 e. The third-order valence-corrected chi connectivity index (χ3v) is 0.282. The predicted molar refractivity (Wildman–Crippen MR) is 20.4 cm³/mol. The van der Waals surface area contributed by atoms with Crippen LogP contribution in [-0.4, -0.2) is 11.6 Å². The summed E-state index contributed by atoms with van der Waals surface area (Å²) in [4.78, 5) is 0. The van der Waals surface area contributed by atoms with Crippen molar-refractivity contribution in [2.45, 2.75) is 6.36 Å². The van der Waals surface area contributed by atoms with E-state index >= 15 is 0 Å². The molecule has 2 nitrogen and oxygen atoms in total.